The van der Waals surface area contributed by atoms with Gasteiger partial charge in [-0.05, 0) is 30.3 Å². The highest BCUT2D eigenvalue weighted by molar-refractivity contribution is 6.31. The third-order valence-electron chi connectivity index (χ3n) is 3.69. The molecule has 0 unspecified atom stereocenters. The van der Waals surface area contributed by atoms with E-state index in [-0.39, 0.29) is 0 Å². The number of aliphatic imine (C=N–C) groups is 1. The summed E-state index contributed by atoms with van der Waals surface area (Å²) in [4.78, 5) is 21.8. The summed E-state index contributed by atoms with van der Waals surface area (Å²) in [6.45, 7) is 0. The van der Waals surface area contributed by atoms with Crippen molar-refractivity contribution >= 4 is 40.9 Å². The van der Waals surface area contributed by atoms with Crippen molar-refractivity contribution in [2.24, 2.45) is 4.99 Å². The molecule has 7 heteroatoms. The fourth-order valence-electron chi connectivity index (χ4n) is 2.58. The number of amidine groups is 1. The Hall–Kier alpha value is -2.86. The summed E-state index contributed by atoms with van der Waals surface area (Å²) >= 11 is 6.16. The predicted octanol–water partition coefficient (Wildman–Crippen LogP) is 2.88. The molecule has 6 nitrogen and oxygen atoms in total. The van der Waals surface area contributed by atoms with Gasteiger partial charge in [-0.3, -0.25) is 14.7 Å². The van der Waals surface area contributed by atoms with E-state index in [9.17, 15) is 4.79 Å². The molecule has 3 rings (SSSR count). The summed E-state index contributed by atoms with van der Waals surface area (Å²) in [7, 11) is 3.47. The Balaban J connectivity index is 2.16. The van der Waals surface area contributed by atoms with Crippen molar-refractivity contribution in [3.05, 3.63) is 59.5 Å². The highest BCUT2D eigenvalue weighted by Crippen LogP contribution is 2.30. The average Bonchev–Trinajstić information content (AvgIpc) is 3.06. The Morgan fingerprint density at radius 1 is 1.38 bits per heavy atom. The standard InChI is InChI=1S/C17H16ClN5O/c1-19-17(20-2)14-5-3-12(18)9-15(14)23(11-24)13-4-6-16-21-7-8-22(16)10-13/h3-11H,1-2H3,(H,19,20). The number of carbonyl (C=O) groups is 1. The number of imidazole rings is 1. The van der Waals surface area contributed by atoms with Crippen LogP contribution in [0.3, 0.4) is 0 Å². The summed E-state index contributed by atoms with van der Waals surface area (Å²) in [6.07, 6.45) is 6.13. The number of aromatic nitrogens is 2. The Morgan fingerprint density at radius 3 is 2.92 bits per heavy atom. The minimum absolute atomic E-state index is 0.538. The number of anilines is 2. The zero-order valence-electron chi connectivity index (χ0n) is 13.3. The number of hydrogen-bond donors (Lipinski definition) is 1. The number of nitrogens with zero attached hydrogens (tertiary/aromatic N) is 4. The van der Waals surface area contributed by atoms with Gasteiger partial charge in [0.25, 0.3) is 0 Å². The van der Waals surface area contributed by atoms with E-state index >= 15 is 0 Å². The van der Waals surface area contributed by atoms with Crippen LogP contribution in [0.2, 0.25) is 5.02 Å². The van der Waals surface area contributed by atoms with Crippen LogP contribution in [0.4, 0.5) is 11.4 Å². The van der Waals surface area contributed by atoms with E-state index in [4.69, 9.17) is 11.6 Å². The Kier molecular flexibility index (Phi) is 4.48. The van der Waals surface area contributed by atoms with Gasteiger partial charge >= 0.3 is 0 Å². The van der Waals surface area contributed by atoms with E-state index in [2.05, 4.69) is 15.3 Å². The fraction of sp³-hybridized carbons (Fsp3) is 0.118. The van der Waals surface area contributed by atoms with Gasteiger partial charge in [0.15, 0.2) is 0 Å². The van der Waals surface area contributed by atoms with Gasteiger partial charge in [-0.2, -0.15) is 0 Å². The van der Waals surface area contributed by atoms with Crippen LogP contribution in [-0.2, 0) is 4.79 Å². The highest BCUT2D eigenvalue weighted by Gasteiger charge is 2.17. The molecule has 0 aliphatic carbocycles. The Labute approximate surface area is 144 Å². The molecular weight excluding hydrogens is 326 g/mol. The molecule has 0 bridgehead atoms. The summed E-state index contributed by atoms with van der Waals surface area (Å²) in [5.74, 6) is 0.664. The second kappa shape index (κ2) is 6.72. The number of amides is 1. The molecule has 1 aromatic carbocycles. The van der Waals surface area contributed by atoms with Gasteiger partial charge < -0.3 is 9.72 Å². The van der Waals surface area contributed by atoms with Crippen molar-refractivity contribution < 1.29 is 4.79 Å². The smallest absolute Gasteiger partial charge is 0.218 e. The first kappa shape index (κ1) is 16.0. The molecule has 2 aromatic heterocycles. The summed E-state index contributed by atoms with van der Waals surface area (Å²) in [5.41, 5.74) is 2.93. The number of pyridine rings is 1. The van der Waals surface area contributed by atoms with Crippen molar-refractivity contribution in [2.45, 2.75) is 0 Å². The van der Waals surface area contributed by atoms with Crippen LogP contribution in [-0.4, -0.2) is 35.7 Å². The number of halogens is 1. The highest BCUT2D eigenvalue weighted by atomic mass is 35.5. The maximum atomic E-state index is 11.8. The van der Waals surface area contributed by atoms with Gasteiger partial charge in [0.05, 0.1) is 11.4 Å². The second-order valence-electron chi connectivity index (χ2n) is 5.04. The number of hydrogen-bond acceptors (Lipinski definition) is 3. The van der Waals surface area contributed by atoms with E-state index in [0.717, 1.165) is 17.6 Å². The van der Waals surface area contributed by atoms with Crippen molar-refractivity contribution in [2.75, 3.05) is 19.0 Å². The molecule has 24 heavy (non-hydrogen) atoms. The van der Waals surface area contributed by atoms with Crippen molar-refractivity contribution in [1.82, 2.24) is 14.7 Å². The predicted molar refractivity (Wildman–Crippen MR) is 96.4 cm³/mol. The molecule has 2 heterocycles. The third-order valence-corrected chi connectivity index (χ3v) is 3.93. The molecular formula is C17H16ClN5O. The van der Waals surface area contributed by atoms with Crippen LogP contribution in [0.15, 0.2) is 53.9 Å². The fourth-order valence-corrected chi connectivity index (χ4v) is 2.75. The van der Waals surface area contributed by atoms with Crippen LogP contribution in [0.5, 0.6) is 0 Å². The van der Waals surface area contributed by atoms with E-state index in [0.29, 0.717) is 22.2 Å². The molecule has 0 atom stereocenters. The average molecular weight is 342 g/mol. The van der Waals surface area contributed by atoms with E-state index in [1.54, 1.807) is 32.4 Å². The van der Waals surface area contributed by atoms with E-state index < -0.39 is 0 Å². The first-order chi connectivity index (χ1) is 11.7. The van der Waals surface area contributed by atoms with Gasteiger partial charge in [0, 0.05) is 43.3 Å². The molecule has 122 valence electrons. The molecule has 0 fully saturated rings. The zero-order valence-corrected chi connectivity index (χ0v) is 14.0. The maximum Gasteiger partial charge on any atom is 0.218 e. The lowest BCUT2D eigenvalue weighted by molar-refractivity contribution is -0.106. The zero-order chi connectivity index (χ0) is 17.1. The summed E-state index contributed by atoms with van der Waals surface area (Å²) in [6, 6.07) is 9.03. The molecule has 3 aromatic rings. The summed E-state index contributed by atoms with van der Waals surface area (Å²) < 4.78 is 1.85. The van der Waals surface area contributed by atoms with Crippen molar-refractivity contribution in [3.8, 4) is 0 Å². The lowest BCUT2D eigenvalue weighted by Gasteiger charge is -2.22. The minimum Gasteiger partial charge on any atom is -0.373 e. The molecule has 0 aliphatic rings. The first-order valence-corrected chi connectivity index (χ1v) is 7.67. The number of rotatable bonds is 4. The molecule has 0 saturated carbocycles. The molecule has 0 aliphatic heterocycles. The lowest BCUT2D eigenvalue weighted by atomic mass is 10.1. The lowest BCUT2D eigenvalue weighted by Crippen LogP contribution is -2.24. The minimum atomic E-state index is 0.538. The molecule has 0 radical (unpaired) electrons. The van der Waals surface area contributed by atoms with Crippen LogP contribution < -0.4 is 10.2 Å². The van der Waals surface area contributed by atoms with Gasteiger partial charge in [-0.1, -0.05) is 11.6 Å². The molecule has 0 saturated heterocycles. The van der Waals surface area contributed by atoms with Crippen LogP contribution in [0.25, 0.3) is 5.65 Å². The monoisotopic (exact) mass is 341 g/mol. The third kappa shape index (κ3) is 2.83. The largest absolute Gasteiger partial charge is 0.373 e. The number of carbonyl (C=O) groups excluding carboxylic acids is 1. The number of benzene rings is 1. The SMILES string of the molecule is CN=C(NC)c1ccc(Cl)cc1N(C=O)c1ccc2nccn2c1. The second-order valence-corrected chi connectivity index (χ2v) is 5.48. The van der Waals surface area contributed by atoms with Gasteiger partial charge in [0.1, 0.15) is 11.5 Å². The normalized spacial score (nSPS) is 11.5. The Bertz CT molecular complexity index is 918. The molecule has 1 N–H and O–H groups in total. The van der Waals surface area contributed by atoms with Gasteiger partial charge in [-0.15, -0.1) is 0 Å². The molecule has 1 amide bonds. The number of fused-ring (bicyclic) bond motifs is 1. The van der Waals surface area contributed by atoms with Crippen LogP contribution in [0.1, 0.15) is 5.56 Å². The first-order valence-electron chi connectivity index (χ1n) is 7.29. The van der Waals surface area contributed by atoms with Crippen molar-refractivity contribution in [1.29, 1.82) is 0 Å². The quantitative estimate of drug-likeness (QED) is 0.451. The molecule has 0 spiro atoms. The number of nitrogens with one attached hydrogen (secondary N) is 1. The topological polar surface area (TPSA) is 62.0 Å². The van der Waals surface area contributed by atoms with Gasteiger partial charge in [0.2, 0.25) is 6.41 Å². The van der Waals surface area contributed by atoms with Gasteiger partial charge in [-0.25, -0.2) is 4.98 Å². The van der Waals surface area contributed by atoms with E-state index in [1.165, 1.54) is 4.90 Å². The van der Waals surface area contributed by atoms with Crippen LogP contribution >= 0.6 is 11.6 Å². The summed E-state index contributed by atoms with van der Waals surface area (Å²) in [5, 5.41) is 3.57. The van der Waals surface area contributed by atoms with Crippen molar-refractivity contribution in [3.63, 3.8) is 0 Å². The Morgan fingerprint density at radius 2 is 2.21 bits per heavy atom. The van der Waals surface area contributed by atoms with Crippen LogP contribution in [0, 0.1) is 0 Å². The maximum absolute atomic E-state index is 11.8. The van der Waals surface area contributed by atoms with E-state index in [1.807, 2.05) is 35.0 Å².